The van der Waals surface area contributed by atoms with Crippen LogP contribution in [0.25, 0.3) is 5.65 Å². The fourth-order valence-corrected chi connectivity index (χ4v) is 2.68. The van der Waals surface area contributed by atoms with Gasteiger partial charge in [-0.15, -0.1) is 0 Å². The molecule has 2 heterocycles. The smallest absolute Gasteiger partial charge is 0.338 e. The molecule has 3 aromatic rings. The summed E-state index contributed by atoms with van der Waals surface area (Å²) in [4.78, 5) is 28.9. The van der Waals surface area contributed by atoms with Crippen molar-refractivity contribution in [2.24, 2.45) is 0 Å². The van der Waals surface area contributed by atoms with E-state index in [0.29, 0.717) is 23.5 Å². The molecule has 6 nitrogen and oxygen atoms in total. The Morgan fingerprint density at radius 3 is 2.67 bits per heavy atom. The van der Waals surface area contributed by atoms with Gasteiger partial charge in [0.1, 0.15) is 18.0 Å². The van der Waals surface area contributed by atoms with Gasteiger partial charge in [0.05, 0.1) is 17.9 Å². The van der Waals surface area contributed by atoms with Crippen LogP contribution in [0.4, 0.5) is 0 Å². The lowest BCUT2D eigenvalue weighted by molar-refractivity contribution is 0.0467. The van der Waals surface area contributed by atoms with Gasteiger partial charge in [-0.25, -0.2) is 9.78 Å². The van der Waals surface area contributed by atoms with Gasteiger partial charge in [0, 0.05) is 11.8 Å². The van der Waals surface area contributed by atoms with Crippen molar-refractivity contribution < 1.29 is 14.3 Å². The highest BCUT2D eigenvalue weighted by atomic mass is 16.5. The van der Waals surface area contributed by atoms with Gasteiger partial charge in [0.15, 0.2) is 0 Å². The molecule has 0 amide bonds. The molecule has 0 unspecified atom stereocenters. The molecular formula is C21H22N2O4. The van der Waals surface area contributed by atoms with Crippen LogP contribution in [-0.2, 0) is 11.3 Å². The molecule has 0 atom stereocenters. The fraction of sp³-hybridized carbons (Fsp3) is 0.286. The number of carbonyl (C=O) groups excluding carboxylic acids is 1. The third-order valence-corrected chi connectivity index (χ3v) is 4.14. The Morgan fingerprint density at radius 2 is 1.93 bits per heavy atom. The first kappa shape index (κ1) is 18.6. The van der Waals surface area contributed by atoms with Crippen LogP contribution in [0.1, 0.15) is 41.5 Å². The minimum Gasteiger partial charge on any atom is -0.494 e. The molecule has 0 radical (unpaired) electrons. The predicted molar refractivity (Wildman–Crippen MR) is 102 cm³/mol. The molecule has 0 aliphatic carbocycles. The second-order valence-electron chi connectivity index (χ2n) is 6.25. The summed E-state index contributed by atoms with van der Waals surface area (Å²) in [5.41, 5.74) is 1.97. The van der Waals surface area contributed by atoms with E-state index in [1.54, 1.807) is 30.3 Å². The van der Waals surface area contributed by atoms with E-state index in [0.717, 1.165) is 24.3 Å². The van der Waals surface area contributed by atoms with Crippen LogP contribution >= 0.6 is 0 Å². The summed E-state index contributed by atoms with van der Waals surface area (Å²) >= 11 is 0. The summed E-state index contributed by atoms with van der Waals surface area (Å²) in [5, 5.41) is 0. The molecule has 0 aliphatic rings. The number of aromatic nitrogens is 2. The summed E-state index contributed by atoms with van der Waals surface area (Å²) in [5.74, 6) is 0.251. The summed E-state index contributed by atoms with van der Waals surface area (Å²) in [7, 11) is 0. The third kappa shape index (κ3) is 4.53. The zero-order chi connectivity index (χ0) is 19.2. The number of hydrogen-bond donors (Lipinski definition) is 0. The monoisotopic (exact) mass is 366 g/mol. The number of ether oxygens (including phenoxy) is 2. The second-order valence-corrected chi connectivity index (χ2v) is 6.25. The number of benzene rings is 1. The summed E-state index contributed by atoms with van der Waals surface area (Å²) in [6, 6.07) is 13.6. The SMILES string of the molecule is CCCCOc1ccc(C(=O)OCc2cc(=O)n3c(C)cccc3n2)cc1. The molecule has 0 bridgehead atoms. The van der Waals surface area contributed by atoms with Crippen LogP contribution in [0.3, 0.4) is 0 Å². The van der Waals surface area contributed by atoms with E-state index in [9.17, 15) is 9.59 Å². The molecular weight excluding hydrogens is 344 g/mol. The highest BCUT2D eigenvalue weighted by Crippen LogP contribution is 2.14. The number of carbonyl (C=O) groups is 1. The molecule has 6 heteroatoms. The number of nitrogens with zero attached hydrogens (tertiary/aromatic N) is 2. The van der Waals surface area contributed by atoms with E-state index in [1.165, 1.54) is 10.5 Å². The van der Waals surface area contributed by atoms with E-state index in [-0.39, 0.29) is 12.2 Å². The van der Waals surface area contributed by atoms with Gasteiger partial charge >= 0.3 is 5.97 Å². The maximum Gasteiger partial charge on any atom is 0.338 e. The number of aryl methyl sites for hydroxylation is 1. The van der Waals surface area contributed by atoms with Crippen molar-refractivity contribution in [1.82, 2.24) is 9.38 Å². The first-order chi connectivity index (χ1) is 13.1. The average Bonchev–Trinajstić information content (AvgIpc) is 2.67. The Labute approximate surface area is 157 Å². The second kappa shape index (κ2) is 8.49. The van der Waals surface area contributed by atoms with E-state index in [2.05, 4.69) is 11.9 Å². The van der Waals surface area contributed by atoms with Crippen molar-refractivity contribution >= 4 is 11.6 Å². The minimum atomic E-state index is -0.471. The maximum absolute atomic E-state index is 12.2. The summed E-state index contributed by atoms with van der Waals surface area (Å²) in [6.45, 7) is 4.53. The highest BCUT2D eigenvalue weighted by Gasteiger charge is 2.10. The summed E-state index contributed by atoms with van der Waals surface area (Å²) in [6.07, 6.45) is 2.05. The molecule has 3 rings (SSSR count). The number of rotatable bonds is 7. The first-order valence-electron chi connectivity index (χ1n) is 8.97. The highest BCUT2D eigenvalue weighted by molar-refractivity contribution is 5.89. The van der Waals surface area contributed by atoms with Gasteiger partial charge < -0.3 is 9.47 Å². The van der Waals surface area contributed by atoms with E-state index < -0.39 is 5.97 Å². The van der Waals surface area contributed by atoms with Gasteiger partial charge in [-0.2, -0.15) is 0 Å². The van der Waals surface area contributed by atoms with Crippen LogP contribution in [-0.4, -0.2) is 22.0 Å². The van der Waals surface area contributed by atoms with E-state index in [1.807, 2.05) is 19.1 Å². The lowest BCUT2D eigenvalue weighted by Crippen LogP contribution is -2.18. The fourth-order valence-electron chi connectivity index (χ4n) is 2.68. The van der Waals surface area contributed by atoms with Gasteiger partial charge in [0.2, 0.25) is 0 Å². The molecule has 27 heavy (non-hydrogen) atoms. The molecule has 0 saturated heterocycles. The Bertz CT molecular complexity index is 993. The van der Waals surface area contributed by atoms with Gasteiger partial charge in [0.25, 0.3) is 5.56 Å². The zero-order valence-corrected chi connectivity index (χ0v) is 15.5. The Hall–Kier alpha value is -3.15. The van der Waals surface area contributed by atoms with Crippen molar-refractivity contribution in [3.05, 3.63) is 75.8 Å². The number of hydrogen-bond acceptors (Lipinski definition) is 5. The minimum absolute atomic E-state index is 0.0622. The lowest BCUT2D eigenvalue weighted by Gasteiger charge is -2.08. The number of unbranched alkanes of at least 4 members (excludes halogenated alkanes) is 1. The quantitative estimate of drug-likeness (QED) is 0.472. The molecule has 0 saturated carbocycles. The van der Waals surface area contributed by atoms with E-state index >= 15 is 0 Å². The van der Waals surface area contributed by atoms with Gasteiger partial charge in [-0.05, 0) is 49.7 Å². The molecule has 0 spiro atoms. The first-order valence-corrected chi connectivity index (χ1v) is 8.97. The van der Waals surface area contributed by atoms with Crippen LogP contribution in [0, 0.1) is 6.92 Å². The molecule has 2 aromatic heterocycles. The number of esters is 1. The van der Waals surface area contributed by atoms with Crippen molar-refractivity contribution in [3.8, 4) is 5.75 Å². The zero-order valence-electron chi connectivity index (χ0n) is 15.5. The van der Waals surface area contributed by atoms with Crippen LogP contribution in [0.5, 0.6) is 5.75 Å². The number of fused-ring (bicyclic) bond motifs is 1. The molecule has 1 aromatic carbocycles. The van der Waals surface area contributed by atoms with Crippen LogP contribution < -0.4 is 10.3 Å². The van der Waals surface area contributed by atoms with Crippen LogP contribution in [0.15, 0.2) is 53.3 Å². The van der Waals surface area contributed by atoms with Crippen molar-refractivity contribution in [1.29, 1.82) is 0 Å². The van der Waals surface area contributed by atoms with Gasteiger partial charge in [-0.1, -0.05) is 19.4 Å². The van der Waals surface area contributed by atoms with Crippen LogP contribution in [0.2, 0.25) is 0 Å². The normalized spacial score (nSPS) is 10.7. The Balaban J connectivity index is 1.65. The number of pyridine rings is 1. The third-order valence-electron chi connectivity index (χ3n) is 4.14. The Kier molecular flexibility index (Phi) is 5.86. The largest absolute Gasteiger partial charge is 0.494 e. The molecule has 0 fully saturated rings. The Morgan fingerprint density at radius 1 is 1.15 bits per heavy atom. The summed E-state index contributed by atoms with van der Waals surface area (Å²) < 4.78 is 12.4. The van der Waals surface area contributed by atoms with Gasteiger partial charge in [-0.3, -0.25) is 9.20 Å². The predicted octanol–water partition coefficient (Wildman–Crippen LogP) is 3.54. The standard InChI is InChI=1S/C21H22N2O4/c1-3-4-12-26-18-10-8-16(9-11-18)21(25)27-14-17-13-20(24)23-15(2)6-5-7-19(23)22-17/h5-11,13H,3-4,12,14H2,1-2H3. The van der Waals surface area contributed by atoms with Crippen molar-refractivity contribution in [2.75, 3.05) is 6.61 Å². The molecule has 140 valence electrons. The molecule has 0 N–H and O–H groups in total. The van der Waals surface area contributed by atoms with Crippen molar-refractivity contribution in [3.63, 3.8) is 0 Å². The average molecular weight is 366 g/mol. The topological polar surface area (TPSA) is 69.9 Å². The molecule has 0 aliphatic heterocycles. The van der Waals surface area contributed by atoms with E-state index in [4.69, 9.17) is 9.47 Å². The van der Waals surface area contributed by atoms with Crippen molar-refractivity contribution in [2.45, 2.75) is 33.3 Å². The maximum atomic E-state index is 12.2. The lowest BCUT2D eigenvalue weighted by atomic mass is 10.2.